The van der Waals surface area contributed by atoms with Crippen LogP contribution in [-0.4, -0.2) is 80.2 Å². The summed E-state index contributed by atoms with van der Waals surface area (Å²) >= 11 is 0. The fraction of sp³-hybridized carbons (Fsp3) is 0.720. The molecule has 4 rings (SSSR count). The molecule has 2 saturated heterocycles. The van der Waals surface area contributed by atoms with E-state index in [4.69, 9.17) is 37.8 Å². The predicted octanol–water partition coefficient (Wildman–Crippen LogP) is 4.76. The molecule has 0 radical (unpaired) electrons. The van der Waals surface area contributed by atoms with Gasteiger partial charge in [-0.2, -0.15) is 46.4 Å². The number of fused-ring (bicyclic) bond motifs is 2. The van der Waals surface area contributed by atoms with Crippen LogP contribution in [0.3, 0.4) is 0 Å². The molecule has 0 aliphatic carbocycles. The van der Waals surface area contributed by atoms with Gasteiger partial charge >= 0.3 is 15.6 Å². The van der Waals surface area contributed by atoms with Crippen LogP contribution in [0.15, 0.2) is 12.5 Å². The van der Waals surface area contributed by atoms with Crippen molar-refractivity contribution in [2.45, 2.75) is 106 Å². The zero-order valence-corrected chi connectivity index (χ0v) is 28.1. The predicted molar refractivity (Wildman–Crippen MR) is 164 cm³/mol. The van der Waals surface area contributed by atoms with Crippen molar-refractivity contribution in [2.75, 3.05) is 12.3 Å². The highest BCUT2D eigenvalue weighted by Crippen LogP contribution is 2.75. The molecule has 2 aromatic rings. The zero-order chi connectivity index (χ0) is 33.2. The Hall–Kier alpha value is -1.87. The molecule has 2 aromatic heterocycles. The lowest BCUT2D eigenvalue weighted by Crippen LogP contribution is -2.47. The van der Waals surface area contributed by atoms with Crippen molar-refractivity contribution in [3.8, 4) is 0 Å². The van der Waals surface area contributed by atoms with Crippen molar-refractivity contribution >= 4 is 54.0 Å². The lowest BCUT2D eigenvalue weighted by molar-refractivity contribution is -0.0689. The zero-order valence-electron chi connectivity index (χ0n) is 25.7. The number of aromatic nitrogens is 3. The van der Waals surface area contributed by atoms with E-state index in [1.807, 2.05) is 55.4 Å². The summed E-state index contributed by atoms with van der Waals surface area (Å²) in [6, 6.07) is 0. The molecular formula is C25H41F3N6O7S3. The number of nitrogens with one attached hydrogen (secondary N) is 1. The summed E-state index contributed by atoms with van der Waals surface area (Å²) < 4.78 is 99.2. The number of nitrogens with zero attached hydrogens (tertiary/aromatic N) is 3. The molecule has 0 spiro atoms. The Labute approximate surface area is 258 Å². The summed E-state index contributed by atoms with van der Waals surface area (Å²) in [6.45, 7) is 15.2. The van der Waals surface area contributed by atoms with Crippen LogP contribution >= 0.6 is 21.2 Å². The molecule has 44 heavy (non-hydrogen) atoms. The lowest BCUT2D eigenvalue weighted by Gasteiger charge is -2.62. The SMILES string of the molecule is CC(C)S1(C(C)C)OC[C@H]2O[C@@H](n3cc(C(=N)N)c4c(N)ncnc43)[C@H](OS(=O)(=O)C(F)(F)F)[C@@H]2OS(C(C)C)(C(C)C)O1. The van der Waals surface area contributed by atoms with E-state index in [0.717, 1.165) is 6.33 Å². The van der Waals surface area contributed by atoms with Crippen LogP contribution in [0, 0.1) is 5.41 Å². The molecule has 5 N–H and O–H groups in total. The van der Waals surface area contributed by atoms with Gasteiger partial charge in [-0.05, 0) is 55.4 Å². The Morgan fingerprint density at radius 1 is 1.07 bits per heavy atom. The number of nitrogens with two attached hydrogens (primary N) is 2. The van der Waals surface area contributed by atoms with E-state index in [0.29, 0.717) is 0 Å². The number of alkyl halides is 3. The molecule has 2 aliphatic rings. The van der Waals surface area contributed by atoms with Crippen molar-refractivity contribution in [3.63, 3.8) is 0 Å². The van der Waals surface area contributed by atoms with Crippen molar-refractivity contribution in [2.24, 2.45) is 5.73 Å². The number of halogens is 3. The molecule has 13 nitrogen and oxygen atoms in total. The molecule has 0 bridgehead atoms. The van der Waals surface area contributed by atoms with Gasteiger partial charge in [0, 0.05) is 32.8 Å². The number of rotatable bonds is 8. The fourth-order valence-electron chi connectivity index (χ4n) is 5.44. The largest absolute Gasteiger partial charge is 0.523 e. The second-order valence-electron chi connectivity index (χ2n) is 11.6. The Morgan fingerprint density at radius 2 is 1.64 bits per heavy atom. The van der Waals surface area contributed by atoms with Crippen molar-refractivity contribution < 1.29 is 42.5 Å². The molecule has 4 atom stereocenters. The van der Waals surface area contributed by atoms with E-state index in [2.05, 4.69) is 9.97 Å². The minimum Gasteiger partial charge on any atom is -0.384 e. The van der Waals surface area contributed by atoms with E-state index in [-0.39, 0.29) is 50.0 Å². The van der Waals surface area contributed by atoms with Gasteiger partial charge in [-0.3, -0.25) is 18.0 Å². The quantitative estimate of drug-likeness (QED) is 0.150. The first-order chi connectivity index (χ1) is 20.2. The van der Waals surface area contributed by atoms with Gasteiger partial charge in [0.15, 0.2) is 12.3 Å². The Morgan fingerprint density at radius 3 is 2.14 bits per heavy atom. The third-order valence-corrected chi connectivity index (χ3v) is 16.6. The summed E-state index contributed by atoms with van der Waals surface area (Å²) in [6.07, 6.45) is -3.54. The number of anilines is 1. The third kappa shape index (κ3) is 5.78. The van der Waals surface area contributed by atoms with Crippen LogP contribution < -0.4 is 11.5 Å². The van der Waals surface area contributed by atoms with E-state index in [9.17, 15) is 21.6 Å². The van der Waals surface area contributed by atoms with Crippen molar-refractivity contribution in [1.82, 2.24) is 14.5 Å². The molecule has 2 aliphatic heterocycles. The molecule has 252 valence electrons. The maximum Gasteiger partial charge on any atom is 0.523 e. The van der Waals surface area contributed by atoms with Crippen molar-refractivity contribution in [1.29, 1.82) is 5.41 Å². The van der Waals surface area contributed by atoms with Crippen LogP contribution in [-0.2, 0) is 31.0 Å². The highest BCUT2D eigenvalue weighted by atomic mass is 32.4. The van der Waals surface area contributed by atoms with E-state index in [1.165, 1.54) is 10.8 Å². The van der Waals surface area contributed by atoms with Gasteiger partial charge in [0.05, 0.1) is 5.39 Å². The Balaban J connectivity index is 1.97. The van der Waals surface area contributed by atoms with Gasteiger partial charge in [-0.25, -0.2) is 9.97 Å². The minimum atomic E-state index is -6.16. The standard InChI is InChI=1S/C25H41F3N6O7S3/c1-12(2)42(13(3)4)37-10-17-19(39-43(41-42,14(5)6)15(7)8)20(40-44(35,36)25(26,27)28)24(38-17)34-9-16(21(29)30)18-22(31)32-11-33-23(18)34/h9,11-15,17,19-20,24H,10H2,1-8H3,(H3,29,30)(H2,31,32,33)/t17-,19-,20-,24-/m1/s1. The highest BCUT2D eigenvalue weighted by Gasteiger charge is 2.59. The molecule has 2 fully saturated rings. The maximum absolute atomic E-state index is 13.8. The molecule has 0 amide bonds. The number of ether oxygens (including phenoxy) is 1. The van der Waals surface area contributed by atoms with Crippen LogP contribution in [0.5, 0.6) is 0 Å². The normalized spacial score (nSPS) is 27.4. The van der Waals surface area contributed by atoms with Crippen LogP contribution in [0.1, 0.15) is 67.2 Å². The van der Waals surface area contributed by atoms with Gasteiger partial charge in [0.2, 0.25) is 0 Å². The molecule has 0 unspecified atom stereocenters. The fourth-order valence-corrected chi connectivity index (χ4v) is 14.3. The van der Waals surface area contributed by atoms with Crippen LogP contribution in [0.4, 0.5) is 19.0 Å². The average molecular weight is 691 g/mol. The second-order valence-corrected chi connectivity index (χ2v) is 20.3. The molecule has 0 aromatic carbocycles. The van der Waals surface area contributed by atoms with E-state index >= 15 is 0 Å². The number of hydrogen-bond donors (Lipinski definition) is 3. The van der Waals surface area contributed by atoms with Crippen LogP contribution in [0.2, 0.25) is 0 Å². The van der Waals surface area contributed by atoms with Gasteiger partial charge in [-0.1, -0.05) is 0 Å². The lowest BCUT2D eigenvalue weighted by atomic mass is 10.1. The second kappa shape index (κ2) is 12.1. The summed E-state index contributed by atoms with van der Waals surface area (Å²) in [7, 11) is -11.1. The van der Waals surface area contributed by atoms with Gasteiger partial charge in [0.25, 0.3) is 0 Å². The number of hydrogen-bond acceptors (Lipinski definition) is 11. The first-order valence-corrected chi connectivity index (χ1v) is 18.6. The van der Waals surface area contributed by atoms with Gasteiger partial charge in [0.1, 0.15) is 42.4 Å². The van der Waals surface area contributed by atoms with Gasteiger partial charge < -0.3 is 20.8 Å². The first-order valence-electron chi connectivity index (χ1n) is 14.0. The first kappa shape index (κ1) is 35.0. The van der Waals surface area contributed by atoms with E-state index < -0.39 is 67.2 Å². The van der Waals surface area contributed by atoms with Crippen LogP contribution in [0.25, 0.3) is 11.0 Å². The summed E-state index contributed by atoms with van der Waals surface area (Å²) in [4.78, 5) is 8.14. The summed E-state index contributed by atoms with van der Waals surface area (Å²) in [5, 5.41) is 7.39. The molecule has 4 heterocycles. The highest BCUT2D eigenvalue weighted by molar-refractivity contribution is 8.39. The molecule has 19 heteroatoms. The smallest absolute Gasteiger partial charge is 0.384 e. The number of nitrogen functional groups attached to an aromatic ring is 2. The topological polar surface area (TPSA) is 187 Å². The summed E-state index contributed by atoms with van der Waals surface area (Å²) in [5.74, 6) is -0.486. The molecular weight excluding hydrogens is 650 g/mol. The average Bonchev–Trinajstić information content (AvgIpc) is 3.41. The monoisotopic (exact) mass is 690 g/mol. The third-order valence-electron chi connectivity index (χ3n) is 7.53. The van der Waals surface area contributed by atoms with Crippen molar-refractivity contribution in [3.05, 3.63) is 18.1 Å². The summed E-state index contributed by atoms with van der Waals surface area (Å²) in [5.41, 5.74) is 6.21. The Kier molecular flexibility index (Phi) is 9.59. The number of amidine groups is 1. The van der Waals surface area contributed by atoms with E-state index in [1.54, 1.807) is 0 Å². The maximum atomic E-state index is 13.8. The Bertz CT molecular complexity index is 1490. The van der Waals surface area contributed by atoms with Gasteiger partial charge in [-0.15, -0.1) is 0 Å². The minimum absolute atomic E-state index is 0.0350. The molecule has 0 saturated carbocycles.